The number of hydrogen-bond donors (Lipinski definition) is 3. The lowest BCUT2D eigenvalue weighted by Crippen LogP contribution is -2.42. The van der Waals surface area contributed by atoms with E-state index in [1.165, 1.54) is 6.42 Å². The van der Waals surface area contributed by atoms with Crippen LogP contribution in [0.4, 0.5) is 11.6 Å². The molecule has 1 heterocycles. The number of imidazole rings is 1. The third-order valence-corrected chi connectivity index (χ3v) is 6.30. The molecule has 3 N–H and O–H groups in total. The van der Waals surface area contributed by atoms with Crippen molar-refractivity contribution in [2.75, 3.05) is 5.32 Å². The van der Waals surface area contributed by atoms with Crippen LogP contribution in [-0.2, 0) is 0 Å². The second kappa shape index (κ2) is 8.12. The van der Waals surface area contributed by atoms with Crippen molar-refractivity contribution in [3.8, 4) is 0 Å². The average Bonchev–Trinajstić information content (AvgIpc) is 3.04. The normalized spacial score (nSPS) is 20.8. The molecule has 0 radical (unpaired) electrons. The number of nitrogens with one attached hydrogen (secondary N) is 3. The maximum atomic E-state index is 12.9. The van der Waals surface area contributed by atoms with Crippen LogP contribution < -0.4 is 10.6 Å². The van der Waals surface area contributed by atoms with E-state index in [0.717, 1.165) is 18.4 Å². The van der Waals surface area contributed by atoms with E-state index in [-0.39, 0.29) is 17.4 Å². The molecule has 3 aromatic rings. The molecular weight excluding hydrogens is 419 g/mol. The number of amides is 1. The van der Waals surface area contributed by atoms with Crippen LogP contribution in [0, 0.1) is 11.3 Å². The second-order valence-electron chi connectivity index (χ2n) is 9.12. The van der Waals surface area contributed by atoms with E-state index in [1.54, 1.807) is 24.3 Å². The van der Waals surface area contributed by atoms with Crippen LogP contribution >= 0.6 is 23.2 Å². The third kappa shape index (κ3) is 4.57. The molecule has 2 unspecified atom stereocenters. The van der Waals surface area contributed by atoms with Crippen molar-refractivity contribution in [1.82, 2.24) is 15.3 Å². The molecule has 0 bridgehead atoms. The van der Waals surface area contributed by atoms with Gasteiger partial charge in [0.15, 0.2) is 0 Å². The fourth-order valence-corrected chi connectivity index (χ4v) is 5.16. The summed E-state index contributed by atoms with van der Waals surface area (Å²) in [5.74, 6) is 1.07. The maximum Gasteiger partial charge on any atom is 0.251 e. The summed E-state index contributed by atoms with van der Waals surface area (Å²) >= 11 is 12.5. The van der Waals surface area contributed by atoms with Gasteiger partial charge < -0.3 is 15.6 Å². The Kier molecular flexibility index (Phi) is 5.69. The van der Waals surface area contributed by atoms with Crippen LogP contribution in [-0.4, -0.2) is 21.9 Å². The number of aromatic amines is 1. The number of carbonyl (C=O) groups excluding carboxylic acids is 1. The van der Waals surface area contributed by atoms with Crippen LogP contribution in [0.2, 0.25) is 10.0 Å². The lowest BCUT2D eigenvalue weighted by Gasteiger charge is -2.39. The van der Waals surface area contributed by atoms with Crippen molar-refractivity contribution >= 4 is 51.8 Å². The molecule has 0 saturated heterocycles. The van der Waals surface area contributed by atoms with Crippen LogP contribution in [0.15, 0.2) is 36.4 Å². The molecule has 4 rings (SSSR count). The van der Waals surface area contributed by atoms with Crippen molar-refractivity contribution in [1.29, 1.82) is 0 Å². The van der Waals surface area contributed by atoms with Crippen molar-refractivity contribution in [2.24, 2.45) is 11.3 Å². The van der Waals surface area contributed by atoms with Crippen molar-refractivity contribution in [2.45, 2.75) is 46.1 Å². The molecule has 2 atom stereocenters. The molecule has 0 spiro atoms. The number of halogens is 2. The Labute approximate surface area is 186 Å². The van der Waals surface area contributed by atoms with Gasteiger partial charge in [-0.1, -0.05) is 50.0 Å². The molecule has 1 aliphatic carbocycles. The Bertz CT molecular complexity index is 1070. The van der Waals surface area contributed by atoms with Crippen LogP contribution in [0.3, 0.4) is 0 Å². The molecule has 1 saturated carbocycles. The van der Waals surface area contributed by atoms with Gasteiger partial charge in [0.25, 0.3) is 5.91 Å². The van der Waals surface area contributed by atoms with E-state index in [9.17, 15) is 4.79 Å². The first-order valence-corrected chi connectivity index (χ1v) is 11.0. The largest absolute Gasteiger partial charge is 0.349 e. The van der Waals surface area contributed by atoms with E-state index in [0.29, 0.717) is 38.7 Å². The van der Waals surface area contributed by atoms with Crippen LogP contribution in [0.25, 0.3) is 11.0 Å². The number of H-pyrrole nitrogens is 1. The third-order valence-electron chi connectivity index (χ3n) is 5.67. The number of hydrogen-bond acceptors (Lipinski definition) is 3. The standard InChI is InChI=1S/C23H26Cl2N4O/c1-13-9-15(12-23(2,3)11-13)26-21(30)14-7-8-18-19(10-14)28-22(27-18)29-20-16(24)5-4-6-17(20)25/h4-8,10,13,15H,9,11-12H2,1-3H3,(H,26,30)(H2,27,28,29). The summed E-state index contributed by atoms with van der Waals surface area (Å²) in [6.45, 7) is 6.81. The number of para-hydroxylation sites is 1. The fraction of sp³-hybridized carbons (Fsp3) is 0.391. The number of carbonyl (C=O) groups is 1. The molecule has 1 fully saturated rings. The van der Waals surface area contributed by atoms with Crippen LogP contribution in [0.5, 0.6) is 0 Å². The van der Waals surface area contributed by atoms with Gasteiger partial charge in [-0.05, 0) is 60.9 Å². The predicted octanol–water partition coefficient (Wildman–Crippen LogP) is 6.56. The molecule has 1 aromatic heterocycles. The monoisotopic (exact) mass is 444 g/mol. The first-order valence-electron chi connectivity index (χ1n) is 10.2. The summed E-state index contributed by atoms with van der Waals surface area (Å²) in [6.07, 6.45) is 3.22. The zero-order valence-electron chi connectivity index (χ0n) is 17.4. The summed E-state index contributed by atoms with van der Waals surface area (Å²) in [7, 11) is 0. The van der Waals surface area contributed by atoms with Crippen LogP contribution in [0.1, 0.15) is 50.4 Å². The SMILES string of the molecule is CC1CC(NC(=O)c2ccc3[nH]c(Nc4c(Cl)cccc4Cl)nc3c2)CC(C)(C)C1. The number of aromatic nitrogens is 2. The zero-order chi connectivity index (χ0) is 21.5. The Morgan fingerprint density at radius 1 is 1.17 bits per heavy atom. The van der Waals surface area contributed by atoms with Gasteiger partial charge >= 0.3 is 0 Å². The van der Waals surface area contributed by atoms with Gasteiger partial charge in [0.1, 0.15) is 0 Å². The van der Waals surface area contributed by atoms with Gasteiger partial charge in [0, 0.05) is 11.6 Å². The minimum atomic E-state index is -0.0570. The Morgan fingerprint density at radius 3 is 2.60 bits per heavy atom. The highest BCUT2D eigenvalue weighted by Crippen LogP contribution is 2.38. The second-order valence-corrected chi connectivity index (χ2v) is 9.94. The number of fused-ring (bicyclic) bond motifs is 1. The van der Waals surface area contributed by atoms with Gasteiger partial charge in [-0.15, -0.1) is 0 Å². The first-order chi connectivity index (χ1) is 14.2. The van der Waals surface area contributed by atoms with Gasteiger partial charge in [0.05, 0.1) is 26.8 Å². The maximum absolute atomic E-state index is 12.9. The highest BCUT2D eigenvalue weighted by Gasteiger charge is 2.32. The van der Waals surface area contributed by atoms with Crippen molar-refractivity contribution < 1.29 is 4.79 Å². The summed E-state index contributed by atoms with van der Waals surface area (Å²) < 4.78 is 0. The Hall–Kier alpha value is -2.24. The molecule has 1 aliphatic rings. The highest BCUT2D eigenvalue weighted by atomic mass is 35.5. The van der Waals surface area contributed by atoms with Gasteiger partial charge in [-0.2, -0.15) is 0 Å². The minimum absolute atomic E-state index is 0.0570. The fourth-order valence-electron chi connectivity index (χ4n) is 4.67. The topological polar surface area (TPSA) is 69.8 Å². The number of anilines is 2. The summed E-state index contributed by atoms with van der Waals surface area (Å²) in [5, 5.41) is 7.36. The van der Waals surface area contributed by atoms with E-state index in [4.69, 9.17) is 23.2 Å². The predicted molar refractivity (Wildman–Crippen MR) is 124 cm³/mol. The molecule has 5 nitrogen and oxygen atoms in total. The van der Waals surface area contributed by atoms with Crippen molar-refractivity contribution in [3.63, 3.8) is 0 Å². The summed E-state index contributed by atoms with van der Waals surface area (Å²) in [4.78, 5) is 20.6. The van der Waals surface area contributed by atoms with Gasteiger partial charge in [0.2, 0.25) is 5.95 Å². The highest BCUT2D eigenvalue weighted by molar-refractivity contribution is 6.39. The van der Waals surface area contributed by atoms with E-state index < -0.39 is 0 Å². The number of benzene rings is 2. The minimum Gasteiger partial charge on any atom is -0.349 e. The molecule has 30 heavy (non-hydrogen) atoms. The average molecular weight is 445 g/mol. The molecular formula is C23H26Cl2N4O. The van der Waals surface area contributed by atoms with Gasteiger partial charge in [-0.3, -0.25) is 4.79 Å². The van der Waals surface area contributed by atoms with E-state index in [1.807, 2.05) is 12.1 Å². The lowest BCUT2D eigenvalue weighted by atomic mass is 9.70. The molecule has 0 aliphatic heterocycles. The van der Waals surface area contributed by atoms with E-state index in [2.05, 4.69) is 41.4 Å². The Morgan fingerprint density at radius 2 is 1.90 bits per heavy atom. The number of rotatable bonds is 4. The smallest absolute Gasteiger partial charge is 0.251 e. The van der Waals surface area contributed by atoms with Crippen molar-refractivity contribution in [3.05, 3.63) is 52.0 Å². The molecule has 158 valence electrons. The molecule has 2 aromatic carbocycles. The van der Waals surface area contributed by atoms with E-state index >= 15 is 0 Å². The summed E-state index contributed by atoms with van der Waals surface area (Å²) in [6, 6.07) is 11.0. The van der Waals surface area contributed by atoms with Gasteiger partial charge in [-0.25, -0.2) is 4.98 Å². The Balaban J connectivity index is 1.51. The molecule has 1 amide bonds. The first kappa shape index (κ1) is 21.0. The zero-order valence-corrected chi connectivity index (χ0v) is 18.9. The molecule has 7 heteroatoms. The lowest BCUT2D eigenvalue weighted by molar-refractivity contribution is 0.0874. The quantitative estimate of drug-likeness (QED) is 0.426. The number of nitrogens with zero attached hydrogens (tertiary/aromatic N) is 1. The summed E-state index contributed by atoms with van der Waals surface area (Å²) in [5.41, 5.74) is 2.97.